The Hall–Kier alpha value is -0.540. The summed E-state index contributed by atoms with van der Waals surface area (Å²) in [5, 5.41) is 13.7. The molecule has 0 aliphatic carbocycles. The van der Waals surface area contributed by atoms with Crippen LogP contribution in [0.4, 0.5) is 0 Å². The largest absolute Gasteiger partial charge is 0.508 e. The predicted molar refractivity (Wildman–Crippen MR) is 90.2 cm³/mol. The number of rotatable bonds is 9. The van der Waals surface area contributed by atoms with Crippen molar-refractivity contribution in [1.82, 2.24) is 5.32 Å². The molecule has 0 amide bonds. The molecule has 20 heavy (non-hydrogen) atoms. The summed E-state index contributed by atoms with van der Waals surface area (Å²) in [5.74, 6) is 0.380. The maximum Gasteiger partial charge on any atom is 0.120 e. The highest BCUT2D eigenvalue weighted by molar-refractivity contribution is 9.10. The number of nitrogens with one attached hydrogen (secondary N) is 1. The normalized spacial score (nSPS) is 14.2. The summed E-state index contributed by atoms with van der Waals surface area (Å²) in [6.07, 6.45) is 7.39. The Balaban J connectivity index is 2.55. The van der Waals surface area contributed by atoms with Gasteiger partial charge in [0.2, 0.25) is 0 Å². The van der Waals surface area contributed by atoms with Crippen LogP contribution in [0, 0.1) is 0 Å². The third-order valence-electron chi connectivity index (χ3n) is 3.75. The standard InChI is InChI=1S/C17H28BrNO/c1-4-6-7-8-9-13(3)19-16(5-2)15-12-14(18)10-11-17(15)20/h10-13,16,19-20H,4-9H2,1-3H3. The van der Waals surface area contributed by atoms with E-state index < -0.39 is 0 Å². The average Bonchev–Trinajstić information content (AvgIpc) is 2.44. The zero-order chi connectivity index (χ0) is 15.0. The lowest BCUT2D eigenvalue weighted by molar-refractivity contribution is 0.395. The Morgan fingerprint density at radius 1 is 1.20 bits per heavy atom. The summed E-state index contributed by atoms with van der Waals surface area (Å²) in [5.41, 5.74) is 0.988. The molecule has 114 valence electrons. The first-order chi connectivity index (χ1) is 9.58. The SMILES string of the molecule is CCCCCCC(C)NC(CC)c1cc(Br)ccc1O. The number of benzene rings is 1. The second-order valence-corrected chi connectivity index (χ2v) is 6.50. The smallest absolute Gasteiger partial charge is 0.120 e. The molecule has 2 atom stereocenters. The first-order valence-corrected chi connectivity index (χ1v) is 8.62. The van der Waals surface area contributed by atoms with Crippen molar-refractivity contribution in [3.8, 4) is 5.75 Å². The number of phenols is 1. The molecule has 0 aliphatic heterocycles. The van der Waals surface area contributed by atoms with Gasteiger partial charge in [0.25, 0.3) is 0 Å². The van der Waals surface area contributed by atoms with Gasteiger partial charge in [-0.15, -0.1) is 0 Å². The zero-order valence-corrected chi connectivity index (χ0v) is 14.5. The Morgan fingerprint density at radius 3 is 2.60 bits per heavy atom. The summed E-state index contributed by atoms with van der Waals surface area (Å²) >= 11 is 3.48. The monoisotopic (exact) mass is 341 g/mol. The van der Waals surface area contributed by atoms with Crippen LogP contribution in [0.1, 0.15) is 70.9 Å². The lowest BCUT2D eigenvalue weighted by Crippen LogP contribution is -2.30. The molecule has 0 fully saturated rings. The highest BCUT2D eigenvalue weighted by atomic mass is 79.9. The predicted octanol–water partition coefficient (Wildman–Crippen LogP) is 5.55. The minimum Gasteiger partial charge on any atom is -0.508 e. The van der Waals surface area contributed by atoms with Gasteiger partial charge in [-0.2, -0.15) is 0 Å². The van der Waals surface area contributed by atoms with Gasteiger partial charge in [0.15, 0.2) is 0 Å². The van der Waals surface area contributed by atoms with Crippen molar-refractivity contribution in [2.75, 3.05) is 0 Å². The molecular weight excluding hydrogens is 314 g/mol. The number of hydrogen-bond donors (Lipinski definition) is 2. The van der Waals surface area contributed by atoms with E-state index in [1.54, 1.807) is 6.07 Å². The molecule has 1 rings (SSSR count). The van der Waals surface area contributed by atoms with Crippen molar-refractivity contribution >= 4 is 15.9 Å². The summed E-state index contributed by atoms with van der Waals surface area (Å²) < 4.78 is 1.01. The molecule has 0 spiro atoms. The molecule has 2 nitrogen and oxygen atoms in total. The molecular formula is C17H28BrNO. The Morgan fingerprint density at radius 2 is 1.95 bits per heavy atom. The van der Waals surface area contributed by atoms with E-state index in [4.69, 9.17) is 0 Å². The molecule has 2 N–H and O–H groups in total. The molecule has 3 heteroatoms. The maximum absolute atomic E-state index is 10.0. The van der Waals surface area contributed by atoms with Gasteiger partial charge in [-0.1, -0.05) is 55.5 Å². The number of hydrogen-bond acceptors (Lipinski definition) is 2. The molecule has 2 unspecified atom stereocenters. The molecule has 1 aromatic rings. The van der Waals surface area contributed by atoms with Crippen molar-refractivity contribution < 1.29 is 5.11 Å². The second kappa shape index (κ2) is 9.41. The van der Waals surface area contributed by atoms with Crippen LogP contribution in [-0.4, -0.2) is 11.1 Å². The van der Waals surface area contributed by atoms with E-state index in [1.165, 1.54) is 32.1 Å². The fourth-order valence-corrected chi connectivity index (χ4v) is 2.91. The van der Waals surface area contributed by atoms with Crippen molar-refractivity contribution in [1.29, 1.82) is 0 Å². The van der Waals surface area contributed by atoms with Gasteiger partial charge in [-0.05, 0) is 38.0 Å². The molecule has 0 bridgehead atoms. The van der Waals surface area contributed by atoms with Crippen LogP contribution in [0.3, 0.4) is 0 Å². The summed E-state index contributed by atoms with van der Waals surface area (Å²) in [6, 6.07) is 6.35. The van der Waals surface area contributed by atoms with E-state index in [9.17, 15) is 5.11 Å². The molecule has 0 aromatic heterocycles. The molecule has 0 aliphatic rings. The van der Waals surface area contributed by atoms with Crippen LogP contribution in [0.15, 0.2) is 22.7 Å². The highest BCUT2D eigenvalue weighted by Gasteiger charge is 2.16. The van der Waals surface area contributed by atoms with E-state index >= 15 is 0 Å². The van der Waals surface area contributed by atoms with E-state index in [0.29, 0.717) is 11.8 Å². The van der Waals surface area contributed by atoms with Gasteiger partial charge in [-0.3, -0.25) is 0 Å². The molecule has 0 radical (unpaired) electrons. The van der Waals surface area contributed by atoms with Crippen molar-refractivity contribution in [2.24, 2.45) is 0 Å². The topological polar surface area (TPSA) is 32.3 Å². The van der Waals surface area contributed by atoms with E-state index in [1.807, 2.05) is 12.1 Å². The van der Waals surface area contributed by atoms with Gasteiger partial charge in [-0.25, -0.2) is 0 Å². The zero-order valence-electron chi connectivity index (χ0n) is 13.0. The average molecular weight is 342 g/mol. The summed E-state index contributed by atoms with van der Waals surface area (Å²) in [7, 11) is 0. The molecule has 1 aromatic carbocycles. The highest BCUT2D eigenvalue weighted by Crippen LogP contribution is 2.29. The molecule has 0 heterocycles. The van der Waals surface area contributed by atoms with Crippen LogP contribution >= 0.6 is 15.9 Å². The quantitative estimate of drug-likeness (QED) is 0.576. The van der Waals surface area contributed by atoms with E-state index in [0.717, 1.165) is 16.5 Å². The third kappa shape index (κ3) is 5.84. The van der Waals surface area contributed by atoms with Crippen molar-refractivity contribution in [2.45, 2.75) is 71.4 Å². The van der Waals surface area contributed by atoms with Gasteiger partial charge < -0.3 is 10.4 Å². The summed E-state index contributed by atoms with van der Waals surface area (Å²) in [4.78, 5) is 0. The van der Waals surface area contributed by atoms with Crippen LogP contribution in [0.25, 0.3) is 0 Å². The number of aromatic hydroxyl groups is 1. The second-order valence-electron chi connectivity index (χ2n) is 5.58. The van der Waals surface area contributed by atoms with E-state index in [-0.39, 0.29) is 6.04 Å². The van der Waals surface area contributed by atoms with Crippen LogP contribution < -0.4 is 5.32 Å². The van der Waals surface area contributed by atoms with Gasteiger partial charge >= 0.3 is 0 Å². The fraction of sp³-hybridized carbons (Fsp3) is 0.647. The first-order valence-electron chi connectivity index (χ1n) is 7.82. The fourth-order valence-electron chi connectivity index (χ4n) is 2.54. The number of phenolic OH excluding ortho intramolecular Hbond substituents is 1. The minimum atomic E-state index is 0.216. The third-order valence-corrected chi connectivity index (χ3v) is 4.24. The van der Waals surface area contributed by atoms with Crippen LogP contribution in [0.2, 0.25) is 0 Å². The molecule has 0 saturated heterocycles. The van der Waals surface area contributed by atoms with Gasteiger partial charge in [0, 0.05) is 22.1 Å². The van der Waals surface area contributed by atoms with Gasteiger partial charge in [0.05, 0.1) is 0 Å². The van der Waals surface area contributed by atoms with Crippen LogP contribution in [-0.2, 0) is 0 Å². The van der Waals surface area contributed by atoms with Crippen LogP contribution in [0.5, 0.6) is 5.75 Å². The molecule has 0 saturated carbocycles. The van der Waals surface area contributed by atoms with Gasteiger partial charge in [0.1, 0.15) is 5.75 Å². The Kier molecular flexibility index (Phi) is 8.24. The Bertz CT molecular complexity index is 395. The Labute approximate surface area is 132 Å². The lowest BCUT2D eigenvalue weighted by Gasteiger charge is -2.23. The van der Waals surface area contributed by atoms with E-state index in [2.05, 4.69) is 42.0 Å². The minimum absolute atomic E-state index is 0.216. The van der Waals surface area contributed by atoms with Crippen molar-refractivity contribution in [3.05, 3.63) is 28.2 Å². The number of halogens is 1. The maximum atomic E-state index is 10.0. The lowest BCUT2D eigenvalue weighted by atomic mass is 10.0. The van der Waals surface area contributed by atoms with Crippen molar-refractivity contribution in [3.63, 3.8) is 0 Å². The number of unbranched alkanes of at least 4 members (excludes halogenated alkanes) is 3. The summed E-state index contributed by atoms with van der Waals surface area (Å²) in [6.45, 7) is 6.64. The first kappa shape index (κ1) is 17.5.